The lowest BCUT2D eigenvalue weighted by molar-refractivity contribution is -0.0349. The van der Waals surface area contributed by atoms with Gasteiger partial charge in [0.15, 0.2) is 0 Å². The van der Waals surface area contributed by atoms with Crippen molar-refractivity contribution in [3.05, 3.63) is 0 Å². The molecular formula is C15H29NO3. The fraction of sp³-hybridized carbons (Fsp3) is 1.00. The first-order valence-corrected chi connectivity index (χ1v) is 7.78. The Morgan fingerprint density at radius 1 is 1.05 bits per heavy atom. The molecule has 0 saturated carbocycles. The van der Waals surface area contributed by atoms with Gasteiger partial charge in [-0.3, -0.25) is 0 Å². The van der Waals surface area contributed by atoms with Gasteiger partial charge in [-0.05, 0) is 31.6 Å². The van der Waals surface area contributed by atoms with Gasteiger partial charge in [0, 0.05) is 32.4 Å². The smallest absolute Gasteiger partial charge is 0.0813 e. The molecule has 2 heterocycles. The molecular weight excluding hydrogens is 242 g/mol. The molecule has 0 amide bonds. The summed E-state index contributed by atoms with van der Waals surface area (Å²) < 4.78 is 17.2. The van der Waals surface area contributed by atoms with Gasteiger partial charge in [-0.25, -0.2) is 0 Å². The van der Waals surface area contributed by atoms with Crippen LogP contribution in [-0.2, 0) is 14.2 Å². The molecule has 2 unspecified atom stereocenters. The maximum atomic E-state index is 5.99. The van der Waals surface area contributed by atoms with Crippen LogP contribution in [0.2, 0.25) is 0 Å². The normalized spacial score (nSPS) is 29.2. The molecule has 2 rings (SSSR count). The summed E-state index contributed by atoms with van der Waals surface area (Å²) >= 11 is 0. The highest BCUT2D eigenvalue weighted by atomic mass is 16.5. The summed E-state index contributed by atoms with van der Waals surface area (Å²) in [6, 6.07) is 0.535. The molecule has 0 aromatic heterocycles. The molecule has 1 N–H and O–H groups in total. The number of ether oxygens (including phenoxy) is 3. The van der Waals surface area contributed by atoms with Crippen LogP contribution in [0.4, 0.5) is 0 Å². The van der Waals surface area contributed by atoms with E-state index in [2.05, 4.69) is 19.2 Å². The minimum absolute atomic E-state index is 0.304. The number of nitrogens with one attached hydrogen (secondary N) is 1. The first-order valence-electron chi connectivity index (χ1n) is 7.78. The molecule has 2 aliphatic rings. The lowest BCUT2D eigenvalue weighted by Crippen LogP contribution is -2.32. The maximum absolute atomic E-state index is 5.99. The average molecular weight is 271 g/mol. The molecule has 0 radical (unpaired) electrons. The van der Waals surface area contributed by atoms with Gasteiger partial charge in [-0.15, -0.1) is 0 Å². The first kappa shape index (κ1) is 15.2. The summed E-state index contributed by atoms with van der Waals surface area (Å²) in [7, 11) is 0. The van der Waals surface area contributed by atoms with Gasteiger partial charge in [0.05, 0.1) is 18.8 Å². The highest BCUT2D eigenvalue weighted by molar-refractivity contribution is 4.76. The van der Waals surface area contributed by atoms with Gasteiger partial charge in [0.25, 0.3) is 0 Å². The Morgan fingerprint density at radius 3 is 2.53 bits per heavy atom. The number of hydrogen-bond acceptors (Lipinski definition) is 4. The van der Waals surface area contributed by atoms with Gasteiger partial charge in [-0.1, -0.05) is 13.8 Å². The van der Waals surface area contributed by atoms with Gasteiger partial charge in [0.1, 0.15) is 0 Å². The van der Waals surface area contributed by atoms with Gasteiger partial charge in [0.2, 0.25) is 0 Å². The molecule has 0 aliphatic carbocycles. The lowest BCUT2D eigenvalue weighted by Gasteiger charge is -2.22. The molecule has 19 heavy (non-hydrogen) atoms. The Labute approximate surface area is 117 Å². The third kappa shape index (κ3) is 5.78. The first-order chi connectivity index (χ1) is 9.24. The van der Waals surface area contributed by atoms with E-state index in [9.17, 15) is 0 Å². The molecule has 0 bridgehead atoms. The van der Waals surface area contributed by atoms with Crippen molar-refractivity contribution in [2.45, 2.75) is 57.8 Å². The van der Waals surface area contributed by atoms with E-state index in [4.69, 9.17) is 14.2 Å². The van der Waals surface area contributed by atoms with E-state index in [0.29, 0.717) is 24.2 Å². The third-order valence-electron chi connectivity index (χ3n) is 3.95. The molecule has 2 fully saturated rings. The highest BCUT2D eigenvalue weighted by Gasteiger charge is 2.25. The van der Waals surface area contributed by atoms with E-state index >= 15 is 0 Å². The Kier molecular flexibility index (Phi) is 6.57. The zero-order chi connectivity index (χ0) is 13.5. The van der Waals surface area contributed by atoms with E-state index in [1.807, 2.05) is 0 Å². The van der Waals surface area contributed by atoms with Gasteiger partial charge in [-0.2, -0.15) is 0 Å². The van der Waals surface area contributed by atoms with Crippen LogP contribution in [0.25, 0.3) is 0 Å². The molecule has 112 valence electrons. The number of rotatable bonds is 7. The predicted octanol–water partition coefficient (Wildman–Crippen LogP) is 1.98. The van der Waals surface area contributed by atoms with Crippen LogP contribution < -0.4 is 5.32 Å². The summed E-state index contributed by atoms with van der Waals surface area (Å²) in [6.07, 6.45) is 5.26. The quantitative estimate of drug-likeness (QED) is 0.768. The minimum atomic E-state index is 0.304. The second-order valence-electron chi connectivity index (χ2n) is 6.11. The molecule has 0 aromatic carbocycles. The van der Waals surface area contributed by atoms with Crippen molar-refractivity contribution < 1.29 is 14.2 Å². The van der Waals surface area contributed by atoms with Crippen LogP contribution in [0.3, 0.4) is 0 Å². The SMILES string of the molecule is CC(C)NCC1CCC(COCC2CCOCC2)O1. The Balaban J connectivity index is 1.52. The second-order valence-corrected chi connectivity index (χ2v) is 6.11. The fourth-order valence-corrected chi connectivity index (χ4v) is 2.70. The van der Waals surface area contributed by atoms with E-state index in [1.54, 1.807) is 0 Å². The largest absolute Gasteiger partial charge is 0.381 e. The third-order valence-corrected chi connectivity index (χ3v) is 3.95. The molecule has 4 heteroatoms. The molecule has 2 atom stereocenters. The van der Waals surface area contributed by atoms with E-state index in [1.165, 1.54) is 0 Å². The van der Waals surface area contributed by atoms with E-state index in [0.717, 1.165) is 58.7 Å². The average Bonchev–Trinajstić information content (AvgIpc) is 2.86. The Bertz CT molecular complexity index is 242. The predicted molar refractivity (Wildman–Crippen MR) is 75.4 cm³/mol. The highest BCUT2D eigenvalue weighted by Crippen LogP contribution is 2.20. The maximum Gasteiger partial charge on any atom is 0.0813 e. The molecule has 4 nitrogen and oxygen atoms in total. The molecule has 0 aromatic rings. The van der Waals surface area contributed by atoms with Crippen LogP contribution in [0.15, 0.2) is 0 Å². The van der Waals surface area contributed by atoms with Crippen molar-refractivity contribution >= 4 is 0 Å². The fourth-order valence-electron chi connectivity index (χ4n) is 2.70. The summed E-state index contributed by atoms with van der Waals surface area (Å²) in [5, 5.41) is 3.44. The molecule has 2 aliphatic heterocycles. The van der Waals surface area contributed by atoms with Gasteiger partial charge < -0.3 is 19.5 Å². The number of hydrogen-bond donors (Lipinski definition) is 1. The summed E-state index contributed by atoms with van der Waals surface area (Å²) in [4.78, 5) is 0. The molecule has 0 spiro atoms. The topological polar surface area (TPSA) is 39.7 Å². The Hall–Kier alpha value is -0.160. The van der Waals surface area contributed by atoms with Crippen LogP contribution in [-0.4, -0.2) is 51.2 Å². The van der Waals surface area contributed by atoms with Crippen molar-refractivity contribution in [1.29, 1.82) is 0 Å². The monoisotopic (exact) mass is 271 g/mol. The van der Waals surface area contributed by atoms with Crippen molar-refractivity contribution in [3.8, 4) is 0 Å². The summed E-state index contributed by atoms with van der Waals surface area (Å²) in [5.74, 6) is 0.688. The summed E-state index contributed by atoms with van der Waals surface area (Å²) in [6.45, 7) is 8.74. The molecule has 2 saturated heterocycles. The Morgan fingerprint density at radius 2 is 1.79 bits per heavy atom. The second kappa shape index (κ2) is 8.20. The zero-order valence-corrected chi connectivity index (χ0v) is 12.4. The van der Waals surface area contributed by atoms with Crippen molar-refractivity contribution in [1.82, 2.24) is 5.32 Å². The summed E-state index contributed by atoms with van der Waals surface area (Å²) in [5.41, 5.74) is 0. The van der Waals surface area contributed by atoms with Crippen molar-refractivity contribution in [2.75, 3.05) is 33.0 Å². The van der Waals surface area contributed by atoms with Crippen LogP contribution in [0, 0.1) is 5.92 Å². The van der Waals surface area contributed by atoms with Crippen LogP contribution >= 0.6 is 0 Å². The standard InChI is InChI=1S/C15H29NO3/c1-12(2)16-9-14-3-4-15(19-14)11-18-10-13-5-7-17-8-6-13/h12-16H,3-11H2,1-2H3. The van der Waals surface area contributed by atoms with E-state index < -0.39 is 0 Å². The van der Waals surface area contributed by atoms with Crippen molar-refractivity contribution in [3.63, 3.8) is 0 Å². The van der Waals surface area contributed by atoms with Crippen molar-refractivity contribution in [2.24, 2.45) is 5.92 Å². The van der Waals surface area contributed by atoms with Crippen LogP contribution in [0.5, 0.6) is 0 Å². The van der Waals surface area contributed by atoms with E-state index in [-0.39, 0.29) is 0 Å². The lowest BCUT2D eigenvalue weighted by atomic mass is 10.0. The minimum Gasteiger partial charge on any atom is -0.381 e. The zero-order valence-electron chi connectivity index (χ0n) is 12.4. The van der Waals surface area contributed by atoms with Crippen LogP contribution in [0.1, 0.15) is 39.5 Å². The van der Waals surface area contributed by atoms with Gasteiger partial charge >= 0.3 is 0 Å².